The number of hydrogen-bond acceptors (Lipinski definition) is 2. The number of carbonyl (C=O) groups is 1. The number of halogens is 2. The molecule has 0 atom stereocenters. The molecule has 6 heteroatoms. The molecule has 0 heterocycles. The number of carbonyl (C=O) groups excluding carboxylic acids is 1. The van der Waals surface area contributed by atoms with Crippen molar-refractivity contribution in [1.82, 2.24) is 5.32 Å². The van der Waals surface area contributed by atoms with Crippen LogP contribution in [-0.4, -0.2) is 16.4 Å². The van der Waals surface area contributed by atoms with Crippen LogP contribution in [0.1, 0.15) is 32.3 Å². The third kappa shape index (κ3) is 3.67. The fourth-order valence-corrected chi connectivity index (χ4v) is 2.58. The molecule has 3 N–H and O–H groups in total. The Hall–Kier alpha value is -1.20. The molecule has 0 aromatic heterocycles. The predicted molar refractivity (Wildman–Crippen MR) is 83.4 cm³/mol. The first-order valence-electron chi connectivity index (χ1n) is 6.40. The largest absolute Gasteiger partial charge is 0.391 e. The Morgan fingerprint density at radius 2 is 2.05 bits per heavy atom. The first kappa shape index (κ1) is 16.9. The van der Waals surface area contributed by atoms with E-state index in [1.54, 1.807) is 6.07 Å². The topological polar surface area (TPSA) is 55.1 Å². The maximum atomic E-state index is 13.7. The summed E-state index contributed by atoms with van der Waals surface area (Å²) in [5, 5.41) is 3.03. The van der Waals surface area contributed by atoms with Crippen molar-refractivity contribution in [2.24, 2.45) is 5.73 Å². The minimum atomic E-state index is -0.732. The molecule has 0 spiro atoms. The fourth-order valence-electron chi connectivity index (χ4n) is 2.01. The van der Waals surface area contributed by atoms with Gasteiger partial charge in [0.15, 0.2) is 0 Å². The van der Waals surface area contributed by atoms with Gasteiger partial charge in [-0.2, -0.15) is 0 Å². The first-order valence-corrected chi connectivity index (χ1v) is 7.18. The third-order valence-corrected chi connectivity index (χ3v) is 4.20. The normalized spacial score (nSPS) is 11.2. The molecule has 3 nitrogen and oxygen atoms in total. The molecule has 20 heavy (non-hydrogen) atoms. The molecule has 0 fully saturated rings. The van der Waals surface area contributed by atoms with E-state index in [0.29, 0.717) is 12.8 Å². The zero-order valence-corrected chi connectivity index (χ0v) is 13.1. The summed E-state index contributed by atoms with van der Waals surface area (Å²) in [5.74, 6) is -0.852. The standard InChI is InChI=1S/C14H18ClFN2OS/c1-3-14(4-2,13(17)20)18-12(19)8-9-10(15)6-5-7-11(9)16/h5-7H,3-4,8H2,1-2H3,(H2,17,20)(H,18,19). The van der Waals surface area contributed by atoms with E-state index < -0.39 is 11.4 Å². The first-order chi connectivity index (χ1) is 9.36. The van der Waals surface area contributed by atoms with E-state index in [9.17, 15) is 9.18 Å². The van der Waals surface area contributed by atoms with Gasteiger partial charge in [-0.15, -0.1) is 0 Å². The SMILES string of the molecule is CCC(CC)(NC(=O)Cc1c(F)cccc1Cl)C(N)=S. The van der Waals surface area contributed by atoms with Crippen LogP contribution in [0.25, 0.3) is 0 Å². The van der Waals surface area contributed by atoms with Gasteiger partial charge in [-0.05, 0) is 25.0 Å². The number of hydrogen-bond donors (Lipinski definition) is 2. The fraction of sp³-hybridized carbons (Fsp3) is 0.429. The Balaban J connectivity index is 2.89. The van der Waals surface area contributed by atoms with Crippen LogP contribution in [0.2, 0.25) is 5.02 Å². The molecule has 0 saturated heterocycles. The predicted octanol–water partition coefficient (Wildman–Crippen LogP) is 2.98. The van der Waals surface area contributed by atoms with E-state index in [2.05, 4.69) is 5.32 Å². The summed E-state index contributed by atoms with van der Waals surface area (Å²) >= 11 is 10.9. The maximum absolute atomic E-state index is 13.7. The summed E-state index contributed by atoms with van der Waals surface area (Å²) in [5.41, 5.74) is 5.16. The van der Waals surface area contributed by atoms with Crippen LogP contribution in [0.15, 0.2) is 18.2 Å². The van der Waals surface area contributed by atoms with Gasteiger partial charge in [0.2, 0.25) is 5.91 Å². The van der Waals surface area contributed by atoms with E-state index >= 15 is 0 Å². The van der Waals surface area contributed by atoms with E-state index in [-0.39, 0.29) is 27.9 Å². The molecule has 0 radical (unpaired) electrons. The average molecular weight is 317 g/mol. The smallest absolute Gasteiger partial charge is 0.225 e. The second kappa shape index (κ2) is 6.99. The maximum Gasteiger partial charge on any atom is 0.225 e. The summed E-state index contributed by atoms with van der Waals surface area (Å²) in [7, 11) is 0. The molecular weight excluding hydrogens is 299 g/mol. The summed E-state index contributed by atoms with van der Waals surface area (Å²) in [6, 6.07) is 4.32. The number of benzene rings is 1. The van der Waals surface area contributed by atoms with Crippen molar-refractivity contribution in [2.75, 3.05) is 0 Å². The van der Waals surface area contributed by atoms with Crippen molar-refractivity contribution in [1.29, 1.82) is 0 Å². The van der Waals surface area contributed by atoms with E-state index in [1.165, 1.54) is 12.1 Å². The highest BCUT2D eigenvalue weighted by atomic mass is 35.5. The van der Waals surface area contributed by atoms with Crippen LogP contribution in [0, 0.1) is 5.82 Å². The van der Waals surface area contributed by atoms with Crippen molar-refractivity contribution < 1.29 is 9.18 Å². The number of amides is 1. The lowest BCUT2D eigenvalue weighted by Crippen LogP contribution is -2.56. The lowest BCUT2D eigenvalue weighted by Gasteiger charge is -2.31. The Morgan fingerprint density at radius 1 is 1.45 bits per heavy atom. The van der Waals surface area contributed by atoms with Crippen LogP contribution >= 0.6 is 23.8 Å². The Labute approximate surface area is 128 Å². The van der Waals surface area contributed by atoms with Crippen LogP contribution in [0.3, 0.4) is 0 Å². The van der Waals surface area contributed by atoms with Crippen LogP contribution in [0.4, 0.5) is 4.39 Å². The summed E-state index contributed by atoms with van der Waals surface area (Å²) in [6.07, 6.45) is 1.01. The minimum Gasteiger partial charge on any atom is -0.391 e. The van der Waals surface area contributed by atoms with Crippen LogP contribution < -0.4 is 11.1 Å². The highest BCUT2D eigenvalue weighted by Gasteiger charge is 2.31. The summed E-state index contributed by atoms with van der Waals surface area (Å²) in [4.78, 5) is 12.3. The van der Waals surface area contributed by atoms with Crippen molar-refractivity contribution in [3.8, 4) is 0 Å². The molecule has 0 unspecified atom stereocenters. The summed E-state index contributed by atoms with van der Waals surface area (Å²) < 4.78 is 13.7. The van der Waals surface area contributed by atoms with Gasteiger partial charge in [0.05, 0.1) is 16.9 Å². The highest BCUT2D eigenvalue weighted by molar-refractivity contribution is 7.80. The Morgan fingerprint density at radius 3 is 2.50 bits per heavy atom. The molecule has 0 aliphatic heterocycles. The molecule has 1 aromatic rings. The number of thiocarbonyl (C=S) groups is 1. The number of nitrogens with two attached hydrogens (primary N) is 1. The van der Waals surface area contributed by atoms with Gasteiger partial charge < -0.3 is 11.1 Å². The Kier molecular flexibility index (Phi) is 5.89. The molecule has 1 amide bonds. The highest BCUT2D eigenvalue weighted by Crippen LogP contribution is 2.21. The van der Waals surface area contributed by atoms with Gasteiger partial charge in [-0.1, -0.05) is 43.7 Å². The van der Waals surface area contributed by atoms with Crippen molar-refractivity contribution in [3.63, 3.8) is 0 Å². The molecule has 0 aliphatic carbocycles. The van der Waals surface area contributed by atoms with Gasteiger partial charge in [-0.25, -0.2) is 4.39 Å². The number of nitrogens with one attached hydrogen (secondary N) is 1. The zero-order valence-electron chi connectivity index (χ0n) is 11.5. The van der Waals surface area contributed by atoms with Crippen molar-refractivity contribution in [3.05, 3.63) is 34.6 Å². The molecular formula is C14H18ClFN2OS. The second-order valence-electron chi connectivity index (χ2n) is 4.58. The van der Waals surface area contributed by atoms with Crippen molar-refractivity contribution in [2.45, 2.75) is 38.6 Å². The lowest BCUT2D eigenvalue weighted by molar-refractivity contribution is -0.121. The molecule has 1 rings (SSSR count). The van der Waals surface area contributed by atoms with Crippen molar-refractivity contribution >= 4 is 34.7 Å². The monoisotopic (exact) mass is 316 g/mol. The van der Waals surface area contributed by atoms with Gasteiger partial charge >= 0.3 is 0 Å². The van der Waals surface area contributed by atoms with Crippen LogP contribution in [-0.2, 0) is 11.2 Å². The molecule has 1 aromatic carbocycles. The second-order valence-corrected chi connectivity index (χ2v) is 5.43. The molecule has 0 saturated carbocycles. The molecule has 0 bridgehead atoms. The molecule has 0 aliphatic rings. The van der Waals surface area contributed by atoms with Gasteiger partial charge in [-0.3, -0.25) is 4.79 Å². The number of rotatable bonds is 6. The van der Waals surface area contributed by atoms with Gasteiger partial charge in [0.1, 0.15) is 5.82 Å². The zero-order chi connectivity index (χ0) is 15.3. The Bertz CT molecular complexity index is 498. The van der Waals surface area contributed by atoms with Gasteiger partial charge in [0, 0.05) is 10.6 Å². The van der Waals surface area contributed by atoms with E-state index in [0.717, 1.165) is 0 Å². The quantitative estimate of drug-likeness (QED) is 0.793. The van der Waals surface area contributed by atoms with Crippen LogP contribution in [0.5, 0.6) is 0 Å². The lowest BCUT2D eigenvalue weighted by atomic mass is 9.92. The van der Waals surface area contributed by atoms with Gasteiger partial charge in [0.25, 0.3) is 0 Å². The summed E-state index contributed by atoms with van der Waals surface area (Å²) in [6.45, 7) is 3.78. The molecule has 110 valence electrons. The third-order valence-electron chi connectivity index (χ3n) is 3.46. The van der Waals surface area contributed by atoms with E-state index in [1.807, 2.05) is 13.8 Å². The average Bonchev–Trinajstić information content (AvgIpc) is 2.40. The van der Waals surface area contributed by atoms with E-state index in [4.69, 9.17) is 29.6 Å². The minimum absolute atomic E-state index is 0.143.